The number of carbonyl (C=O) groups excluding carboxylic acids is 2. The highest BCUT2D eigenvalue weighted by molar-refractivity contribution is 7.90. The predicted molar refractivity (Wildman–Crippen MR) is 126 cm³/mol. The van der Waals surface area contributed by atoms with E-state index < -0.39 is 27.2 Å². The van der Waals surface area contributed by atoms with Crippen molar-refractivity contribution >= 4 is 21.7 Å². The summed E-state index contributed by atoms with van der Waals surface area (Å²) >= 11 is 0. The molecule has 180 valence electrons. The Kier molecular flexibility index (Phi) is 6.99. The molecule has 0 bridgehead atoms. The van der Waals surface area contributed by atoms with Crippen molar-refractivity contribution in [2.24, 2.45) is 5.41 Å². The van der Waals surface area contributed by atoms with E-state index in [1.807, 2.05) is 32.4 Å². The van der Waals surface area contributed by atoms with Gasteiger partial charge in [-0.2, -0.15) is 0 Å². The van der Waals surface area contributed by atoms with E-state index in [1.54, 1.807) is 31.3 Å². The topological polar surface area (TPSA) is 113 Å². The SMILES string of the molecule is CNC(=O)[C@@H](NC(=O)c1nc(-c2ccc(S(C)(=O)=O)cc2)n2c1CN(C)CCC2)C(C)(C)C. The number of likely N-dealkylation sites (N-methyl/N-ethyl adjacent to an activating group) is 1. The third kappa shape index (κ3) is 5.44. The van der Waals surface area contributed by atoms with Crippen molar-refractivity contribution in [2.45, 2.75) is 51.2 Å². The van der Waals surface area contributed by atoms with Gasteiger partial charge < -0.3 is 20.1 Å². The first-order valence-corrected chi connectivity index (χ1v) is 12.8. The molecule has 2 N–H and O–H groups in total. The number of nitrogens with zero attached hydrogens (tertiary/aromatic N) is 3. The number of aromatic nitrogens is 2. The molecule has 0 saturated carbocycles. The zero-order chi connectivity index (χ0) is 24.6. The van der Waals surface area contributed by atoms with Crippen molar-refractivity contribution in [2.75, 3.05) is 26.9 Å². The standard InChI is InChI=1S/C23H33N5O4S/c1-23(2,3)19(22(30)24-4)26-21(29)18-17-14-27(5)12-7-13-28(17)20(25-18)15-8-10-16(11-9-15)33(6,31)32/h8-11,19H,7,12-14H2,1-6H3,(H,24,30)(H,26,29)/t19-/m1/s1. The summed E-state index contributed by atoms with van der Waals surface area (Å²) in [6.45, 7) is 7.77. The van der Waals surface area contributed by atoms with Gasteiger partial charge in [-0.05, 0) is 49.7 Å². The molecule has 1 aromatic heterocycles. The number of imidazole rings is 1. The van der Waals surface area contributed by atoms with Crippen molar-refractivity contribution in [3.63, 3.8) is 0 Å². The van der Waals surface area contributed by atoms with Crippen LogP contribution in [0.2, 0.25) is 0 Å². The molecule has 9 nitrogen and oxygen atoms in total. The van der Waals surface area contributed by atoms with Crippen LogP contribution in [0.15, 0.2) is 29.2 Å². The molecule has 1 atom stereocenters. The molecule has 0 saturated heterocycles. The highest BCUT2D eigenvalue weighted by atomic mass is 32.2. The molecule has 0 radical (unpaired) electrons. The summed E-state index contributed by atoms with van der Waals surface area (Å²) in [7, 11) is 0.224. The maximum atomic E-state index is 13.4. The smallest absolute Gasteiger partial charge is 0.272 e. The molecule has 1 aliphatic heterocycles. The molecular weight excluding hydrogens is 442 g/mol. The third-order valence-electron chi connectivity index (χ3n) is 5.82. The van der Waals surface area contributed by atoms with Gasteiger partial charge in [0.1, 0.15) is 11.9 Å². The minimum absolute atomic E-state index is 0.227. The van der Waals surface area contributed by atoms with Gasteiger partial charge in [-0.3, -0.25) is 9.59 Å². The third-order valence-corrected chi connectivity index (χ3v) is 6.95. The predicted octanol–water partition coefficient (Wildman–Crippen LogP) is 1.68. The van der Waals surface area contributed by atoms with Crippen molar-refractivity contribution in [1.29, 1.82) is 0 Å². The van der Waals surface area contributed by atoms with Gasteiger partial charge in [0.05, 0.1) is 10.6 Å². The number of carbonyl (C=O) groups is 2. The molecule has 33 heavy (non-hydrogen) atoms. The van der Waals surface area contributed by atoms with Gasteiger partial charge in [0, 0.05) is 32.0 Å². The maximum absolute atomic E-state index is 13.4. The largest absolute Gasteiger partial charge is 0.357 e. The average molecular weight is 476 g/mol. The fourth-order valence-corrected chi connectivity index (χ4v) is 4.62. The average Bonchev–Trinajstić information content (AvgIpc) is 2.96. The molecule has 0 spiro atoms. The van der Waals surface area contributed by atoms with E-state index >= 15 is 0 Å². The lowest BCUT2D eigenvalue weighted by Crippen LogP contribution is -2.53. The minimum Gasteiger partial charge on any atom is -0.357 e. The zero-order valence-electron chi connectivity index (χ0n) is 20.1. The second kappa shape index (κ2) is 9.26. The number of hydrogen-bond acceptors (Lipinski definition) is 6. The van der Waals surface area contributed by atoms with Crippen LogP contribution in [0.25, 0.3) is 11.4 Å². The monoisotopic (exact) mass is 475 g/mol. The summed E-state index contributed by atoms with van der Waals surface area (Å²) in [4.78, 5) is 32.9. The van der Waals surface area contributed by atoms with Crippen LogP contribution in [0.1, 0.15) is 43.4 Å². The Morgan fingerprint density at radius 1 is 1.12 bits per heavy atom. The Balaban J connectivity index is 2.06. The highest BCUT2D eigenvalue weighted by Crippen LogP contribution is 2.28. The summed E-state index contributed by atoms with van der Waals surface area (Å²) in [5.41, 5.74) is 1.29. The number of amides is 2. The Labute approximate surface area is 195 Å². The van der Waals surface area contributed by atoms with Crippen LogP contribution in [-0.4, -0.2) is 67.6 Å². The summed E-state index contributed by atoms with van der Waals surface area (Å²) in [6.07, 6.45) is 2.05. The minimum atomic E-state index is -3.31. The van der Waals surface area contributed by atoms with E-state index in [9.17, 15) is 18.0 Å². The summed E-state index contributed by atoms with van der Waals surface area (Å²) < 4.78 is 25.7. The van der Waals surface area contributed by atoms with Gasteiger partial charge in [0.15, 0.2) is 15.5 Å². The fraction of sp³-hybridized carbons (Fsp3) is 0.522. The summed E-state index contributed by atoms with van der Waals surface area (Å²) in [5, 5.41) is 5.50. The summed E-state index contributed by atoms with van der Waals surface area (Å²) in [6, 6.07) is 5.80. The Hall–Kier alpha value is -2.72. The second-order valence-corrected chi connectivity index (χ2v) is 11.7. The van der Waals surface area contributed by atoms with Gasteiger partial charge in [-0.1, -0.05) is 20.8 Å². The van der Waals surface area contributed by atoms with E-state index in [4.69, 9.17) is 4.98 Å². The molecule has 0 aliphatic carbocycles. The van der Waals surface area contributed by atoms with Crippen LogP contribution in [0.4, 0.5) is 0 Å². The van der Waals surface area contributed by atoms with Crippen LogP contribution in [0.5, 0.6) is 0 Å². The molecule has 2 aromatic rings. The van der Waals surface area contributed by atoms with Crippen LogP contribution in [0.3, 0.4) is 0 Å². The zero-order valence-corrected chi connectivity index (χ0v) is 20.9. The number of rotatable bonds is 5. The highest BCUT2D eigenvalue weighted by Gasteiger charge is 2.34. The van der Waals surface area contributed by atoms with Gasteiger partial charge in [0.25, 0.3) is 5.91 Å². The molecular formula is C23H33N5O4S. The van der Waals surface area contributed by atoms with Crippen molar-refractivity contribution in [1.82, 2.24) is 25.1 Å². The fourth-order valence-electron chi connectivity index (χ4n) is 3.99. The lowest BCUT2D eigenvalue weighted by atomic mass is 9.86. The lowest BCUT2D eigenvalue weighted by molar-refractivity contribution is -0.124. The first-order valence-electron chi connectivity index (χ1n) is 10.9. The van der Waals surface area contributed by atoms with Gasteiger partial charge in [0.2, 0.25) is 5.91 Å². The number of fused-ring (bicyclic) bond motifs is 1. The van der Waals surface area contributed by atoms with E-state index in [2.05, 4.69) is 15.5 Å². The number of hydrogen-bond donors (Lipinski definition) is 2. The lowest BCUT2D eigenvalue weighted by Gasteiger charge is -2.29. The Morgan fingerprint density at radius 2 is 1.76 bits per heavy atom. The second-order valence-electron chi connectivity index (χ2n) is 9.66. The van der Waals surface area contributed by atoms with E-state index in [0.29, 0.717) is 18.9 Å². The van der Waals surface area contributed by atoms with Gasteiger partial charge >= 0.3 is 0 Å². The first kappa shape index (κ1) is 24.9. The first-order chi connectivity index (χ1) is 15.3. The normalized spacial score (nSPS) is 15.9. The van der Waals surface area contributed by atoms with E-state index in [-0.39, 0.29) is 16.5 Å². The quantitative estimate of drug-likeness (QED) is 0.680. The van der Waals surface area contributed by atoms with Crippen molar-refractivity contribution < 1.29 is 18.0 Å². The molecule has 1 aliphatic rings. The summed E-state index contributed by atoms with van der Waals surface area (Å²) in [5.74, 6) is -0.0656. The van der Waals surface area contributed by atoms with E-state index in [1.165, 1.54) is 6.26 Å². The van der Waals surface area contributed by atoms with Crippen LogP contribution in [-0.2, 0) is 27.7 Å². The Bertz CT molecular complexity index is 1150. The molecule has 0 unspecified atom stereocenters. The van der Waals surface area contributed by atoms with E-state index in [0.717, 1.165) is 24.2 Å². The molecule has 2 heterocycles. The van der Waals surface area contributed by atoms with Crippen LogP contribution < -0.4 is 10.6 Å². The van der Waals surface area contributed by atoms with Gasteiger partial charge in [-0.25, -0.2) is 13.4 Å². The van der Waals surface area contributed by atoms with Crippen LogP contribution >= 0.6 is 0 Å². The van der Waals surface area contributed by atoms with Gasteiger partial charge in [-0.15, -0.1) is 0 Å². The molecule has 1 aromatic carbocycles. The van der Waals surface area contributed by atoms with Crippen LogP contribution in [0, 0.1) is 5.41 Å². The number of benzene rings is 1. The van der Waals surface area contributed by atoms with Crippen molar-refractivity contribution in [3.8, 4) is 11.4 Å². The number of sulfone groups is 1. The molecule has 0 fully saturated rings. The molecule has 3 rings (SSSR count). The molecule has 2 amide bonds. The van der Waals surface area contributed by atoms with Crippen molar-refractivity contribution in [3.05, 3.63) is 35.7 Å². The molecule has 10 heteroatoms. The maximum Gasteiger partial charge on any atom is 0.272 e. The Morgan fingerprint density at radius 3 is 2.30 bits per heavy atom. The number of nitrogens with one attached hydrogen (secondary N) is 2.